The van der Waals surface area contributed by atoms with Crippen LogP contribution in [0.15, 0.2) is 48.5 Å². The molecule has 10 heteroatoms. The number of halogens is 3. The number of nitrogens with zero attached hydrogens (tertiary/aromatic N) is 1. The van der Waals surface area contributed by atoms with Crippen LogP contribution in [0.4, 0.5) is 13.2 Å². The Morgan fingerprint density at radius 2 is 1.97 bits per heavy atom. The summed E-state index contributed by atoms with van der Waals surface area (Å²) in [6.07, 6.45) is -4.07. The number of rotatable bonds is 8. The molecule has 2 N–H and O–H groups in total. The predicted octanol–water partition coefficient (Wildman–Crippen LogP) is 4.13. The van der Waals surface area contributed by atoms with E-state index in [9.17, 15) is 22.8 Å². The number of carbonyl (C=O) groups is 2. The van der Waals surface area contributed by atoms with Crippen molar-refractivity contribution in [1.82, 2.24) is 15.4 Å². The minimum atomic E-state index is -5.21. The number of methoxy groups -OCH3 is 1. The normalized spacial score (nSPS) is 15.9. The average molecular weight is 475 g/mol. The van der Waals surface area contributed by atoms with Gasteiger partial charge in [0.2, 0.25) is 0 Å². The molecule has 0 saturated carbocycles. The monoisotopic (exact) mass is 475 g/mol. The first-order chi connectivity index (χ1) is 16.3. The first kappa shape index (κ1) is 23.6. The smallest absolute Gasteiger partial charge is 0.493 e. The molecule has 0 radical (unpaired) electrons. The van der Waals surface area contributed by atoms with Gasteiger partial charge in [-0.15, -0.1) is 0 Å². The highest BCUT2D eigenvalue weighted by Crippen LogP contribution is 2.34. The van der Waals surface area contributed by atoms with E-state index in [1.807, 2.05) is 30.3 Å². The Morgan fingerprint density at radius 3 is 2.68 bits per heavy atom. The lowest BCUT2D eigenvalue weighted by Gasteiger charge is -2.33. The molecule has 2 heterocycles. The van der Waals surface area contributed by atoms with Crippen LogP contribution in [0.3, 0.4) is 0 Å². The minimum Gasteiger partial charge on any atom is -0.497 e. The number of hydrogen-bond donors (Lipinski definition) is 2. The average Bonchev–Trinajstić information content (AvgIpc) is 3.19. The number of aromatic amines is 1. The zero-order valence-electron chi connectivity index (χ0n) is 18.4. The fourth-order valence-electron chi connectivity index (χ4n) is 4.11. The Labute approximate surface area is 193 Å². The molecular formula is C24H24F3N3O4. The third-order valence-electron chi connectivity index (χ3n) is 5.77. The summed E-state index contributed by atoms with van der Waals surface area (Å²) < 4.78 is 43.9. The van der Waals surface area contributed by atoms with Gasteiger partial charge in [-0.25, -0.2) is 4.79 Å². The first-order valence-corrected chi connectivity index (χ1v) is 10.8. The Morgan fingerprint density at radius 1 is 1.21 bits per heavy atom. The molecule has 1 unspecified atom stereocenters. The van der Waals surface area contributed by atoms with Crippen LogP contribution in [-0.2, 0) is 22.6 Å². The number of carbonyl (C=O) groups excluding carboxylic acids is 2. The molecule has 0 saturated heterocycles. The molecule has 34 heavy (non-hydrogen) atoms. The Kier molecular flexibility index (Phi) is 6.78. The van der Waals surface area contributed by atoms with Gasteiger partial charge in [0, 0.05) is 17.4 Å². The molecule has 0 fully saturated rings. The predicted molar refractivity (Wildman–Crippen MR) is 118 cm³/mol. The zero-order valence-corrected chi connectivity index (χ0v) is 18.4. The zero-order chi connectivity index (χ0) is 24.3. The number of alkyl halides is 3. The van der Waals surface area contributed by atoms with Gasteiger partial charge in [-0.05, 0) is 55.1 Å². The molecule has 0 aliphatic carbocycles. The molecule has 2 aromatic carbocycles. The van der Waals surface area contributed by atoms with E-state index in [2.05, 4.69) is 15.1 Å². The molecule has 0 bridgehead atoms. The van der Waals surface area contributed by atoms with Crippen LogP contribution in [0.2, 0.25) is 0 Å². The molecule has 7 nitrogen and oxygen atoms in total. The third kappa shape index (κ3) is 5.01. The van der Waals surface area contributed by atoms with E-state index in [0.29, 0.717) is 47.8 Å². The van der Waals surface area contributed by atoms with Crippen molar-refractivity contribution in [2.24, 2.45) is 0 Å². The van der Waals surface area contributed by atoms with Gasteiger partial charge in [-0.1, -0.05) is 30.3 Å². The summed E-state index contributed by atoms with van der Waals surface area (Å²) in [6, 6.07) is 14.2. The summed E-state index contributed by atoms with van der Waals surface area (Å²) >= 11 is 0. The number of hydrogen-bond acceptors (Lipinski definition) is 5. The van der Waals surface area contributed by atoms with Crippen molar-refractivity contribution in [3.8, 4) is 5.75 Å². The molecular weight excluding hydrogens is 451 g/mol. The number of aromatic nitrogens is 1. The van der Waals surface area contributed by atoms with Crippen molar-refractivity contribution in [3.63, 3.8) is 0 Å². The van der Waals surface area contributed by atoms with E-state index < -0.39 is 24.1 Å². The van der Waals surface area contributed by atoms with Crippen LogP contribution < -0.4 is 10.1 Å². The van der Waals surface area contributed by atoms with Crippen molar-refractivity contribution in [2.75, 3.05) is 13.7 Å². The van der Waals surface area contributed by atoms with Crippen LogP contribution in [0.5, 0.6) is 5.75 Å². The number of benzene rings is 2. The summed E-state index contributed by atoms with van der Waals surface area (Å²) in [6.45, 7) is 1.22. The molecule has 0 spiro atoms. The van der Waals surface area contributed by atoms with Crippen molar-refractivity contribution in [1.29, 1.82) is 0 Å². The second-order valence-electron chi connectivity index (χ2n) is 8.06. The SMILES string of the molecule is COc1ccc2[nH]c3c(c2c1)CC(CCCNCc1ccccc1)N(OC(=O)C(F)(F)F)C3=O. The van der Waals surface area contributed by atoms with Gasteiger partial charge in [0.15, 0.2) is 0 Å². The topological polar surface area (TPSA) is 83.7 Å². The van der Waals surface area contributed by atoms with E-state index in [-0.39, 0.29) is 12.1 Å². The lowest BCUT2D eigenvalue weighted by molar-refractivity contribution is -0.235. The standard InChI is InChI=1S/C24H24F3N3O4/c1-33-17-9-10-20-18(13-17)19-12-16(8-5-11-28-14-15-6-3-2-4-7-15)30(22(31)21(19)29-20)34-23(32)24(25,26)27/h2-4,6-7,9-10,13,16,28-29H,5,8,11-12,14H2,1H3. The molecule has 1 aliphatic rings. The van der Waals surface area contributed by atoms with Crippen molar-refractivity contribution < 1.29 is 32.3 Å². The molecule has 1 aliphatic heterocycles. The first-order valence-electron chi connectivity index (χ1n) is 10.8. The van der Waals surface area contributed by atoms with Crippen molar-refractivity contribution >= 4 is 22.8 Å². The Hall–Kier alpha value is -3.53. The Balaban J connectivity index is 1.52. The quantitative estimate of drug-likeness (QED) is 0.479. The highest BCUT2D eigenvalue weighted by atomic mass is 19.4. The number of amides is 1. The summed E-state index contributed by atoms with van der Waals surface area (Å²) in [7, 11) is 1.52. The second-order valence-corrected chi connectivity index (χ2v) is 8.06. The molecule has 1 amide bonds. The maximum atomic E-state index is 13.1. The highest BCUT2D eigenvalue weighted by molar-refractivity contribution is 6.02. The van der Waals surface area contributed by atoms with Crippen LogP contribution >= 0.6 is 0 Å². The van der Waals surface area contributed by atoms with E-state index in [1.165, 1.54) is 7.11 Å². The van der Waals surface area contributed by atoms with Crippen LogP contribution in [0, 0.1) is 0 Å². The summed E-state index contributed by atoms with van der Waals surface area (Å²) in [4.78, 5) is 32.1. The van der Waals surface area contributed by atoms with Crippen molar-refractivity contribution in [3.05, 3.63) is 65.4 Å². The fourth-order valence-corrected chi connectivity index (χ4v) is 4.11. The molecule has 3 aromatic rings. The number of nitrogens with one attached hydrogen (secondary N) is 2. The van der Waals surface area contributed by atoms with Crippen LogP contribution in [-0.4, -0.2) is 47.8 Å². The second kappa shape index (κ2) is 9.76. The van der Waals surface area contributed by atoms with Gasteiger partial charge in [0.1, 0.15) is 11.4 Å². The maximum absolute atomic E-state index is 13.1. The van der Waals surface area contributed by atoms with E-state index >= 15 is 0 Å². The van der Waals surface area contributed by atoms with Gasteiger partial charge in [0.25, 0.3) is 0 Å². The summed E-state index contributed by atoms with van der Waals surface area (Å²) in [5.41, 5.74) is 2.53. The summed E-state index contributed by atoms with van der Waals surface area (Å²) in [5.74, 6) is -2.64. The molecule has 180 valence electrons. The minimum absolute atomic E-state index is 0.108. The highest BCUT2D eigenvalue weighted by Gasteiger charge is 2.46. The van der Waals surface area contributed by atoms with E-state index in [4.69, 9.17) is 4.74 Å². The maximum Gasteiger partial charge on any atom is 0.493 e. The van der Waals surface area contributed by atoms with E-state index in [1.54, 1.807) is 18.2 Å². The molecule has 1 atom stereocenters. The van der Waals surface area contributed by atoms with Crippen LogP contribution in [0.1, 0.15) is 34.5 Å². The van der Waals surface area contributed by atoms with Gasteiger partial charge >= 0.3 is 18.1 Å². The van der Waals surface area contributed by atoms with Gasteiger partial charge in [-0.2, -0.15) is 18.2 Å². The third-order valence-corrected chi connectivity index (χ3v) is 5.77. The number of hydroxylamine groups is 2. The van der Waals surface area contributed by atoms with Crippen LogP contribution in [0.25, 0.3) is 10.9 Å². The van der Waals surface area contributed by atoms with Crippen molar-refractivity contribution in [2.45, 2.75) is 38.0 Å². The number of ether oxygens (including phenoxy) is 1. The molecule has 1 aromatic heterocycles. The lowest BCUT2D eigenvalue weighted by Crippen LogP contribution is -2.48. The largest absolute Gasteiger partial charge is 0.497 e. The van der Waals surface area contributed by atoms with Gasteiger partial charge in [0.05, 0.1) is 13.2 Å². The van der Waals surface area contributed by atoms with E-state index in [0.717, 1.165) is 10.9 Å². The number of H-pyrrole nitrogens is 1. The number of fused-ring (bicyclic) bond motifs is 3. The Bertz CT molecular complexity index is 1180. The summed E-state index contributed by atoms with van der Waals surface area (Å²) in [5, 5.41) is 4.60. The molecule has 4 rings (SSSR count). The van der Waals surface area contributed by atoms with Gasteiger partial charge < -0.3 is 19.9 Å². The lowest BCUT2D eigenvalue weighted by atomic mass is 9.94. The van der Waals surface area contributed by atoms with Gasteiger partial charge in [-0.3, -0.25) is 4.79 Å². The fraction of sp³-hybridized carbons (Fsp3) is 0.333.